The highest BCUT2D eigenvalue weighted by Crippen LogP contribution is 2.46. The molecule has 0 spiro atoms. The first kappa shape index (κ1) is 19.8. The van der Waals surface area contributed by atoms with Crippen LogP contribution in [0.5, 0.6) is 0 Å². The zero-order valence-corrected chi connectivity index (χ0v) is 13.8. The number of amides is 3. The van der Waals surface area contributed by atoms with Gasteiger partial charge in [-0.15, -0.1) is 11.8 Å². The van der Waals surface area contributed by atoms with Gasteiger partial charge in [-0.3, -0.25) is 14.5 Å². The molecule has 0 saturated carbocycles. The Hall–Kier alpha value is -2.48. The summed E-state index contributed by atoms with van der Waals surface area (Å²) in [6, 6.07) is 0. The number of aliphatic carboxylic acids is 1. The Morgan fingerprint density at radius 3 is 2.54 bits per heavy atom. The molecule has 1 unspecified atom stereocenters. The average molecular weight is 399 g/mol. The first-order chi connectivity index (χ1) is 12.0. The molecule has 2 rings (SSSR count). The number of alkyl halides is 3. The number of carbonyl (C=O) groups excluding carboxylic acids is 3. The van der Waals surface area contributed by atoms with Crippen molar-refractivity contribution in [3.05, 3.63) is 11.3 Å². The second-order valence-electron chi connectivity index (χ2n) is 5.10. The van der Waals surface area contributed by atoms with E-state index in [1.54, 1.807) is 0 Å². The van der Waals surface area contributed by atoms with Gasteiger partial charge in [0.1, 0.15) is 17.7 Å². The van der Waals surface area contributed by atoms with Crippen LogP contribution < -0.4 is 11.1 Å². The number of carboxylic acid groups (broad SMARTS) is 1. The molecule has 14 heteroatoms. The lowest BCUT2D eigenvalue weighted by atomic mass is 9.98. The number of methoxy groups -OCH3 is 1. The van der Waals surface area contributed by atoms with Crippen LogP contribution in [0, 0.1) is 0 Å². The van der Waals surface area contributed by atoms with Gasteiger partial charge in [0, 0.05) is 18.4 Å². The predicted molar refractivity (Wildman–Crippen MR) is 77.2 cm³/mol. The van der Waals surface area contributed by atoms with Crippen LogP contribution in [0.1, 0.15) is 0 Å². The number of hydrogen-bond acceptors (Lipinski definition) is 7. The van der Waals surface area contributed by atoms with Gasteiger partial charge in [-0.2, -0.15) is 13.2 Å². The minimum atomic E-state index is -5.27. The van der Waals surface area contributed by atoms with E-state index < -0.39 is 53.5 Å². The molecule has 0 aliphatic carbocycles. The number of thioether (sulfide) groups is 1. The van der Waals surface area contributed by atoms with Crippen molar-refractivity contribution in [2.24, 2.45) is 5.73 Å². The molecule has 144 valence electrons. The van der Waals surface area contributed by atoms with Gasteiger partial charge in [-0.1, -0.05) is 0 Å². The first-order valence-electron chi connectivity index (χ1n) is 6.73. The van der Waals surface area contributed by atoms with Gasteiger partial charge in [0.2, 0.25) is 0 Å². The largest absolute Gasteiger partial charge is 0.477 e. The SMILES string of the molecule is COC1(NC(=O)C(F)(F)F)C(=O)N2C(C(=O)O)=C(COC(N)=O)CS[C@@H]21. The van der Waals surface area contributed by atoms with Crippen molar-refractivity contribution in [3.63, 3.8) is 0 Å². The molecule has 0 aromatic carbocycles. The smallest absolute Gasteiger partial charge is 0.471 e. The number of primary amides is 1. The van der Waals surface area contributed by atoms with E-state index in [9.17, 15) is 37.5 Å². The summed E-state index contributed by atoms with van der Waals surface area (Å²) < 4.78 is 46.8. The van der Waals surface area contributed by atoms with Gasteiger partial charge in [0.25, 0.3) is 11.6 Å². The lowest BCUT2D eigenvalue weighted by Crippen LogP contribution is -2.81. The Labute approximate surface area is 147 Å². The van der Waals surface area contributed by atoms with Crippen molar-refractivity contribution in [2.45, 2.75) is 17.3 Å². The number of hydrogen-bond donors (Lipinski definition) is 3. The molecule has 2 aliphatic heterocycles. The Bertz CT molecular complexity index is 711. The molecule has 10 nitrogen and oxygen atoms in total. The zero-order valence-electron chi connectivity index (χ0n) is 13.0. The van der Waals surface area contributed by atoms with E-state index in [0.29, 0.717) is 4.90 Å². The highest BCUT2D eigenvalue weighted by Gasteiger charge is 2.68. The van der Waals surface area contributed by atoms with Crippen molar-refractivity contribution in [1.29, 1.82) is 0 Å². The van der Waals surface area contributed by atoms with Crippen LogP contribution in [0.4, 0.5) is 18.0 Å². The summed E-state index contributed by atoms with van der Waals surface area (Å²) in [5, 5.41) is 9.55. The number of nitrogens with two attached hydrogens (primary N) is 1. The molecule has 26 heavy (non-hydrogen) atoms. The number of halogens is 3. The Morgan fingerprint density at radius 2 is 2.08 bits per heavy atom. The van der Waals surface area contributed by atoms with Gasteiger partial charge in [-0.05, 0) is 0 Å². The fourth-order valence-corrected chi connectivity index (χ4v) is 3.87. The average Bonchev–Trinajstić information content (AvgIpc) is 2.55. The molecule has 2 heterocycles. The minimum absolute atomic E-state index is 0.0118. The molecule has 0 radical (unpaired) electrons. The summed E-state index contributed by atoms with van der Waals surface area (Å²) in [7, 11) is 0.905. The lowest BCUT2D eigenvalue weighted by Gasteiger charge is -2.55. The number of nitrogens with zero attached hydrogens (tertiary/aromatic N) is 1. The van der Waals surface area contributed by atoms with Gasteiger partial charge in [0.15, 0.2) is 0 Å². The molecule has 1 saturated heterocycles. The molecule has 2 atom stereocenters. The Balaban J connectivity index is 2.34. The number of fused-ring (bicyclic) bond motifs is 1. The summed E-state index contributed by atoms with van der Waals surface area (Å²) in [6.45, 7) is -0.518. The number of ether oxygens (including phenoxy) is 2. The third-order valence-corrected chi connectivity index (χ3v) is 4.95. The number of rotatable bonds is 5. The van der Waals surface area contributed by atoms with Crippen molar-refractivity contribution >= 4 is 35.6 Å². The van der Waals surface area contributed by atoms with E-state index in [1.165, 1.54) is 5.32 Å². The van der Waals surface area contributed by atoms with Crippen LogP contribution in [0.3, 0.4) is 0 Å². The monoisotopic (exact) mass is 399 g/mol. The maximum absolute atomic E-state index is 12.5. The van der Waals surface area contributed by atoms with Crippen molar-refractivity contribution < 1.29 is 46.9 Å². The van der Waals surface area contributed by atoms with E-state index in [1.807, 2.05) is 0 Å². The number of β-lactam (4-membered cyclic amide) rings is 1. The summed E-state index contributed by atoms with van der Waals surface area (Å²) in [5.74, 6) is -5.30. The second kappa shape index (κ2) is 6.68. The van der Waals surface area contributed by atoms with Gasteiger partial charge in [-0.25, -0.2) is 9.59 Å². The maximum atomic E-state index is 12.5. The molecule has 3 amide bonds. The van der Waals surface area contributed by atoms with Crippen LogP contribution in [-0.2, 0) is 23.9 Å². The highest BCUT2D eigenvalue weighted by atomic mass is 32.2. The third-order valence-electron chi connectivity index (χ3n) is 3.58. The van der Waals surface area contributed by atoms with Crippen molar-refractivity contribution in [1.82, 2.24) is 10.2 Å². The number of carboxylic acids is 1. The summed E-state index contributed by atoms with van der Waals surface area (Å²) in [4.78, 5) is 46.4. The van der Waals surface area contributed by atoms with Crippen molar-refractivity contribution in [2.75, 3.05) is 19.5 Å². The topological polar surface area (TPSA) is 148 Å². The lowest BCUT2D eigenvalue weighted by molar-refractivity contribution is -0.204. The van der Waals surface area contributed by atoms with E-state index >= 15 is 0 Å². The van der Waals surface area contributed by atoms with Gasteiger partial charge < -0.3 is 25.6 Å². The molecule has 0 aromatic rings. The summed E-state index contributed by atoms with van der Waals surface area (Å²) in [6.07, 6.45) is -6.44. The first-order valence-corrected chi connectivity index (χ1v) is 7.78. The molecule has 0 bridgehead atoms. The van der Waals surface area contributed by atoms with Gasteiger partial charge in [0.05, 0.1) is 0 Å². The van der Waals surface area contributed by atoms with Crippen LogP contribution >= 0.6 is 11.8 Å². The second-order valence-corrected chi connectivity index (χ2v) is 6.16. The number of carbonyl (C=O) groups is 4. The fourth-order valence-electron chi connectivity index (χ4n) is 2.45. The molecule has 4 N–H and O–H groups in total. The van der Waals surface area contributed by atoms with Crippen LogP contribution in [0.2, 0.25) is 0 Å². The predicted octanol–water partition coefficient (Wildman–Crippen LogP) is -0.643. The van der Waals surface area contributed by atoms with E-state index in [-0.39, 0.29) is 11.3 Å². The summed E-state index contributed by atoms with van der Waals surface area (Å²) >= 11 is 0.826. The quantitative estimate of drug-likeness (QED) is 0.408. The highest BCUT2D eigenvalue weighted by molar-refractivity contribution is 8.00. The Kier molecular flexibility index (Phi) is 5.10. The Morgan fingerprint density at radius 1 is 1.46 bits per heavy atom. The molecular formula is C12H12F3N3O7S. The van der Waals surface area contributed by atoms with E-state index in [2.05, 4.69) is 4.74 Å². The zero-order chi connectivity index (χ0) is 19.9. The molecular weight excluding hydrogens is 387 g/mol. The molecule has 2 aliphatic rings. The minimum Gasteiger partial charge on any atom is -0.477 e. The standard InChI is InChI=1S/C12H12F3N3O7S/c1-24-11(17-7(21)12(13,14)15)8(22)18-5(6(19)20)4(2-25-10(16)23)3-26-9(11)18/h9H,2-3H2,1H3,(H2,16,23)(H,17,21)(H,19,20)/t9-,11?/m1/s1. The summed E-state index contributed by atoms with van der Waals surface area (Å²) in [5.41, 5.74) is 1.87. The van der Waals surface area contributed by atoms with Crippen LogP contribution in [0.25, 0.3) is 0 Å². The van der Waals surface area contributed by atoms with Crippen LogP contribution in [-0.4, -0.2) is 70.6 Å². The fraction of sp³-hybridized carbons (Fsp3) is 0.500. The van der Waals surface area contributed by atoms with Gasteiger partial charge >= 0.3 is 24.1 Å². The molecule has 0 aromatic heterocycles. The third kappa shape index (κ3) is 3.16. The van der Waals surface area contributed by atoms with Crippen molar-refractivity contribution in [3.8, 4) is 0 Å². The normalized spacial score (nSPS) is 25.3. The maximum Gasteiger partial charge on any atom is 0.471 e. The number of nitrogens with one attached hydrogen (secondary N) is 1. The molecule has 1 fully saturated rings. The van der Waals surface area contributed by atoms with Crippen LogP contribution in [0.15, 0.2) is 11.3 Å². The van der Waals surface area contributed by atoms with E-state index in [0.717, 1.165) is 18.9 Å². The van der Waals surface area contributed by atoms with E-state index in [4.69, 9.17) is 10.5 Å².